The number of fused-ring (bicyclic) bond motifs is 1. The van der Waals surface area contributed by atoms with Crippen LogP contribution in [-0.4, -0.2) is 27.7 Å². The first kappa shape index (κ1) is 18.1. The predicted octanol–water partition coefficient (Wildman–Crippen LogP) is 4.06. The molecule has 0 fully saturated rings. The summed E-state index contributed by atoms with van der Waals surface area (Å²) in [5.41, 5.74) is 4.84. The van der Waals surface area contributed by atoms with E-state index in [9.17, 15) is 4.79 Å². The summed E-state index contributed by atoms with van der Waals surface area (Å²) in [6.07, 6.45) is 6.45. The Labute approximate surface area is 154 Å². The molecule has 0 unspecified atom stereocenters. The van der Waals surface area contributed by atoms with Crippen molar-refractivity contribution in [3.05, 3.63) is 47.3 Å². The number of rotatable bonds is 5. The summed E-state index contributed by atoms with van der Waals surface area (Å²) in [6.45, 7) is 6.65. The second-order valence-electron chi connectivity index (χ2n) is 7.65. The highest BCUT2D eigenvalue weighted by molar-refractivity contribution is 7.98. The fraction of sp³-hybridized carbons (Fsp3) is 0.500. The van der Waals surface area contributed by atoms with Crippen molar-refractivity contribution < 1.29 is 4.79 Å². The number of hydrogen-bond acceptors (Lipinski definition) is 3. The van der Waals surface area contributed by atoms with Crippen molar-refractivity contribution in [3.63, 3.8) is 0 Å². The van der Waals surface area contributed by atoms with Crippen LogP contribution in [0.1, 0.15) is 49.6 Å². The van der Waals surface area contributed by atoms with Crippen molar-refractivity contribution in [1.29, 1.82) is 0 Å². The first-order chi connectivity index (χ1) is 11.9. The molecule has 0 spiro atoms. The van der Waals surface area contributed by atoms with Crippen LogP contribution in [0.15, 0.2) is 30.5 Å². The number of nitrogens with one attached hydrogen (secondary N) is 1. The predicted molar refractivity (Wildman–Crippen MR) is 104 cm³/mol. The van der Waals surface area contributed by atoms with E-state index in [-0.39, 0.29) is 17.4 Å². The molecule has 0 bridgehead atoms. The van der Waals surface area contributed by atoms with Crippen molar-refractivity contribution in [2.45, 2.75) is 46.1 Å². The van der Waals surface area contributed by atoms with Crippen LogP contribution in [0.4, 0.5) is 0 Å². The molecule has 1 aliphatic rings. The molecule has 5 heteroatoms. The van der Waals surface area contributed by atoms with E-state index in [2.05, 4.69) is 48.0 Å². The maximum atomic E-state index is 12.3. The lowest BCUT2D eigenvalue weighted by Crippen LogP contribution is -2.36. The molecule has 1 amide bonds. The van der Waals surface area contributed by atoms with Crippen LogP contribution in [0.3, 0.4) is 0 Å². The Hall–Kier alpha value is -1.75. The molecule has 0 saturated carbocycles. The summed E-state index contributed by atoms with van der Waals surface area (Å²) >= 11 is 1.70. The Kier molecular flexibility index (Phi) is 5.23. The highest BCUT2D eigenvalue weighted by Crippen LogP contribution is 2.41. The van der Waals surface area contributed by atoms with Gasteiger partial charge in [0, 0.05) is 17.7 Å². The highest BCUT2D eigenvalue weighted by atomic mass is 32.2. The van der Waals surface area contributed by atoms with Crippen LogP contribution in [-0.2, 0) is 11.2 Å². The van der Waals surface area contributed by atoms with Gasteiger partial charge in [0.15, 0.2) is 0 Å². The van der Waals surface area contributed by atoms with Gasteiger partial charge in [-0.3, -0.25) is 4.79 Å². The molecule has 1 heterocycles. The number of para-hydroxylation sites is 1. The van der Waals surface area contributed by atoms with Gasteiger partial charge in [-0.2, -0.15) is 16.9 Å². The molecule has 3 rings (SSSR count). The summed E-state index contributed by atoms with van der Waals surface area (Å²) < 4.78 is 2.06. The van der Waals surface area contributed by atoms with Gasteiger partial charge >= 0.3 is 0 Å². The summed E-state index contributed by atoms with van der Waals surface area (Å²) in [5, 5.41) is 7.91. The molecule has 0 aliphatic heterocycles. The molecule has 1 aliphatic carbocycles. The number of aryl methyl sites for hydroxylation is 1. The fourth-order valence-corrected chi connectivity index (χ4v) is 4.03. The SMILES string of the molecule is CSCCC(=O)N[C@@H]1CC(C)(C)Cc2c1cnn2-c1ccccc1C. The standard InChI is InChI=1S/C20H27N3OS/c1-14-7-5-6-8-17(14)23-18-12-20(2,3)11-16(15(18)13-21-23)22-19(24)9-10-25-4/h5-8,13,16H,9-12H2,1-4H3,(H,22,24)/t16-/m1/s1. The van der Waals surface area contributed by atoms with Crippen molar-refractivity contribution in [3.8, 4) is 5.69 Å². The van der Waals surface area contributed by atoms with Crippen molar-refractivity contribution in [2.75, 3.05) is 12.0 Å². The van der Waals surface area contributed by atoms with E-state index in [0.29, 0.717) is 6.42 Å². The molecule has 25 heavy (non-hydrogen) atoms. The largest absolute Gasteiger partial charge is 0.349 e. The molecule has 134 valence electrons. The summed E-state index contributed by atoms with van der Waals surface area (Å²) in [7, 11) is 0. The number of nitrogens with zero attached hydrogens (tertiary/aromatic N) is 2. The second-order valence-corrected chi connectivity index (χ2v) is 8.64. The van der Waals surface area contributed by atoms with Gasteiger partial charge in [0.25, 0.3) is 0 Å². The van der Waals surface area contributed by atoms with Gasteiger partial charge in [0.2, 0.25) is 5.91 Å². The van der Waals surface area contributed by atoms with E-state index in [4.69, 9.17) is 0 Å². The minimum absolute atomic E-state index is 0.0471. The number of carbonyl (C=O) groups is 1. The van der Waals surface area contributed by atoms with Crippen LogP contribution in [0.25, 0.3) is 5.69 Å². The maximum absolute atomic E-state index is 12.3. The second kappa shape index (κ2) is 7.24. The monoisotopic (exact) mass is 357 g/mol. The molecule has 4 nitrogen and oxygen atoms in total. The zero-order valence-electron chi connectivity index (χ0n) is 15.5. The average Bonchev–Trinajstić information content (AvgIpc) is 2.95. The lowest BCUT2D eigenvalue weighted by atomic mass is 9.74. The minimum Gasteiger partial charge on any atom is -0.349 e. The number of benzene rings is 1. The lowest BCUT2D eigenvalue weighted by molar-refractivity contribution is -0.121. The number of amides is 1. The molecule has 1 aromatic heterocycles. The zero-order valence-corrected chi connectivity index (χ0v) is 16.3. The van der Waals surface area contributed by atoms with Crippen molar-refractivity contribution >= 4 is 17.7 Å². The van der Waals surface area contributed by atoms with E-state index in [1.54, 1.807) is 11.8 Å². The molecule has 1 N–H and O–H groups in total. The quantitative estimate of drug-likeness (QED) is 0.878. The van der Waals surface area contributed by atoms with Crippen molar-refractivity contribution in [2.24, 2.45) is 5.41 Å². The van der Waals surface area contributed by atoms with E-state index in [1.165, 1.54) is 16.8 Å². The third-order valence-corrected chi connectivity index (χ3v) is 5.50. The molecular weight excluding hydrogens is 330 g/mol. The molecule has 0 radical (unpaired) electrons. The molecule has 1 atom stereocenters. The summed E-state index contributed by atoms with van der Waals surface area (Å²) in [4.78, 5) is 12.3. The molecule has 1 aromatic carbocycles. The van der Waals surface area contributed by atoms with Crippen LogP contribution < -0.4 is 5.32 Å². The van der Waals surface area contributed by atoms with Gasteiger partial charge in [-0.25, -0.2) is 4.68 Å². The van der Waals surface area contributed by atoms with E-state index >= 15 is 0 Å². The average molecular weight is 358 g/mol. The van der Waals surface area contributed by atoms with Gasteiger partial charge in [-0.15, -0.1) is 0 Å². The van der Waals surface area contributed by atoms with Crippen LogP contribution >= 0.6 is 11.8 Å². The lowest BCUT2D eigenvalue weighted by Gasteiger charge is -2.36. The smallest absolute Gasteiger partial charge is 0.221 e. The van der Waals surface area contributed by atoms with Gasteiger partial charge < -0.3 is 5.32 Å². The maximum Gasteiger partial charge on any atom is 0.221 e. The number of aromatic nitrogens is 2. The van der Waals surface area contributed by atoms with Gasteiger partial charge in [0.05, 0.1) is 23.6 Å². The number of carbonyl (C=O) groups excluding carboxylic acids is 1. The number of thioether (sulfide) groups is 1. The Morgan fingerprint density at radius 3 is 2.88 bits per heavy atom. The minimum atomic E-state index is 0.0471. The summed E-state index contributed by atoms with van der Waals surface area (Å²) in [6, 6.07) is 8.36. The first-order valence-electron chi connectivity index (χ1n) is 8.82. The molecule has 0 saturated heterocycles. The van der Waals surface area contributed by atoms with E-state index < -0.39 is 0 Å². The van der Waals surface area contributed by atoms with Gasteiger partial charge in [0.1, 0.15) is 0 Å². The third kappa shape index (κ3) is 3.92. The van der Waals surface area contributed by atoms with E-state index in [0.717, 1.165) is 24.3 Å². The first-order valence-corrected chi connectivity index (χ1v) is 10.2. The van der Waals surface area contributed by atoms with Crippen LogP contribution in [0, 0.1) is 12.3 Å². The van der Waals surface area contributed by atoms with Gasteiger partial charge in [-0.1, -0.05) is 32.0 Å². The summed E-state index contributed by atoms with van der Waals surface area (Å²) in [5.74, 6) is 0.990. The topological polar surface area (TPSA) is 46.9 Å². The Morgan fingerprint density at radius 2 is 2.16 bits per heavy atom. The molecule has 2 aromatic rings. The highest BCUT2D eigenvalue weighted by Gasteiger charge is 2.36. The Morgan fingerprint density at radius 1 is 1.40 bits per heavy atom. The fourth-order valence-electron chi connectivity index (χ4n) is 3.64. The van der Waals surface area contributed by atoms with Gasteiger partial charge in [-0.05, 0) is 43.1 Å². The molecular formula is C20H27N3OS. The number of hydrogen-bond donors (Lipinski definition) is 1. The third-order valence-electron chi connectivity index (χ3n) is 4.89. The Balaban J connectivity index is 1.94. The van der Waals surface area contributed by atoms with Crippen LogP contribution in [0.2, 0.25) is 0 Å². The Bertz CT molecular complexity index is 766. The zero-order chi connectivity index (χ0) is 18.0. The van der Waals surface area contributed by atoms with Crippen LogP contribution in [0.5, 0.6) is 0 Å². The van der Waals surface area contributed by atoms with E-state index in [1.807, 2.05) is 24.6 Å². The van der Waals surface area contributed by atoms with Crippen molar-refractivity contribution in [1.82, 2.24) is 15.1 Å². The normalized spacial score (nSPS) is 18.6.